The highest BCUT2D eigenvalue weighted by atomic mass is 16.5. The molecule has 0 atom stereocenters. The number of phenols is 1. The SMILES string of the molecule is CC(C)(CCCCCc1cc(CCCCCC(C)(C)C(=O)O)ccc1O)OC=O. The van der Waals surface area contributed by atoms with E-state index in [1.165, 1.54) is 5.56 Å². The summed E-state index contributed by atoms with van der Waals surface area (Å²) in [5.74, 6) is -0.387. The van der Waals surface area contributed by atoms with E-state index >= 15 is 0 Å². The molecule has 164 valence electrons. The molecule has 2 N–H and O–H groups in total. The topological polar surface area (TPSA) is 83.8 Å². The molecule has 0 aliphatic rings. The van der Waals surface area contributed by atoms with Crippen molar-refractivity contribution < 1.29 is 24.5 Å². The summed E-state index contributed by atoms with van der Waals surface area (Å²) in [5, 5.41) is 19.3. The highest BCUT2D eigenvalue weighted by Gasteiger charge is 2.25. The van der Waals surface area contributed by atoms with Crippen molar-refractivity contribution >= 4 is 12.4 Å². The number of aliphatic carboxylic acids is 1. The highest BCUT2D eigenvalue weighted by molar-refractivity contribution is 5.73. The van der Waals surface area contributed by atoms with Crippen molar-refractivity contribution in [2.24, 2.45) is 5.41 Å². The number of carbonyl (C=O) groups is 2. The summed E-state index contributed by atoms with van der Waals surface area (Å²) in [6.07, 6.45) is 9.22. The molecule has 1 aromatic rings. The average molecular weight is 407 g/mol. The third-order valence-corrected chi connectivity index (χ3v) is 5.58. The Kier molecular flexibility index (Phi) is 10.2. The Labute approximate surface area is 175 Å². The fraction of sp³-hybridized carbons (Fsp3) is 0.667. The number of aryl methyl sites for hydroxylation is 2. The molecule has 0 heterocycles. The first kappa shape index (κ1) is 25.0. The van der Waals surface area contributed by atoms with Gasteiger partial charge in [0.2, 0.25) is 0 Å². The van der Waals surface area contributed by atoms with Crippen LogP contribution in [-0.4, -0.2) is 28.3 Å². The average Bonchev–Trinajstić information content (AvgIpc) is 2.63. The highest BCUT2D eigenvalue weighted by Crippen LogP contribution is 2.26. The number of aromatic hydroxyl groups is 1. The number of hydrogen-bond donors (Lipinski definition) is 2. The van der Waals surface area contributed by atoms with Gasteiger partial charge in [-0.3, -0.25) is 9.59 Å². The van der Waals surface area contributed by atoms with Crippen LogP contribution in [0.5, 0.6) is 5.75 Å². The lowest BCUT2D eigenvalue weighted by Crippen LogP contribution is -2.23. The molecular formula is C24H38O5. The van der Waals surface area contributed by atoms with Gasteiger partial charge in [0.05, 0.1) is 5.41 Å². The second-order valence-corrected chi connectivity index (χ2v) is 9.25. The van der Waals surface area contributed by atoms with Crippen LogP contribution in [0.4, 0.5) is 0 Å². The Morgan fingerprint density at radius 3 is 2.21 bits per heavy atom. The number of phenolic OH excluding ortho intramolecular Hbond substituents is 1. The van der Waals surface area contributed by atoms with Gasteiger partial charge in [0.25, 0.3) is 6.47 Å². The van der Waals surface area contributed by atoms with Crippen molar-refractivity contribution in [3.8, 4) is 5.75 Å². The molecule has 1 rings (SSSR count). The predicted octanol–water partition coefficient (Wildman–Crippen LogP) is 5.66. The van der Waals surface area contributed by atoms with Crippen LogP contribution < -0.4 is 0 Å². The second-order valence-electron chi connectivity index (χ2n) is 9.25. The van der Waals surface area contributed by atoms with Crippen molar-refractivity contribution in [3.05, 3.63) is 29.3 Å². The van der Waals surface area contributed by atoms with E-state index in [4.69, 9.17) is 9.84 Å². The summed E-state index contributed by atoms with van der Waals surface area (Å²) >= 11 is 0. The number of ether oxygens (including phenoxy) is 1. The maximum Gasteiger partial charge on any atom is 0.309 e. The summed E-state index contributed by atoms with van der Waals surface area (Å²) in [7, 11) is 0. The normalized spacial score (nSPS) is 12.0. The largest absolute Gasteiger partial charge is 0.508 e. The molecule has 0 spiro atoms. The van der Waals surface area contributed by atoms with Gasteiger partial charge in [0.1, 0.15) is 11.4 Å². The number of carboxylic acid groups (broad SMARTS) is 1. The van der Waals surface area contributed by atoms with Crippen LogP contribution in [0.15, 0.2) is 18.2 Å². The molecule has 0 aliphatic carbocycles. The molecule has 5 heteroatoms. The van der Waals surface area contributed by atoms with Crippen LogP contribution in [0.25, 0.3) is 0 Å². The smallest absolute Gasteiger partial charge is 0.309 e. The summed E-state index contributed by atoms with van der Waals surface area (Å²) in [5.41, 5.74) is 1.14. The van der Waals surface area contributed by atoms with E-state index in [0.717, 1.165) is 63.4 Å². The molecule has 0 saturated heterocycles. The van der Waals surface area contributed by atoms with Gasteiger partial charge in [-0.25, -0.2) is 0 Å². The lowest BCUT2D eigenvalue weighted by atomic mass is 9.87. The maximum atomic E-state index is 11.1. The number of carboxylic acids is 1. The van der Waals surface area contributed by atoms with Crippen molar-refractivity contribution in [1.82, 2.24) is 0 Å². The van der Waals surface area contributed by atoms with Gasteiger partial charge in [-0.15, -0.1) is 0 Å². The third-order valence-electron chi connectivity index (χ3n) is 5.58. The molecule has 0 aromatic heterocycles. The number of carbonyl (C=O) groups excluding carboxylic acids is 1. The molecule has 0 amide bonds. The molecule has 1 aromatic carbocycles. The number of benzene rings is 1. The zero-order valence-corrected chi connectivity index (χ0v) is 18.5. The molecule has 0 aliphatic heterocycles. The molecule has 0 radical (unpaired) electrons. The summed E-state index contributed by atoms with van der Waals surface area (Å²) in [6, 6.07) is 5.84. The van der Waals surface area contributed by atoms with Gasteiger partial charge in [0, 0.05) is 0 Å². The quantitative estimate of drug-likeness (QED) is 0.290. The summed E-state index contributed by atoms with van der Waals surface area (Å²) in [6.45, 7) is 7.89. The summed E-state index contributed by atoms with van der Waals surface area (Å²) < 4.78 is 5.06. The van der Waals surface area contributed by atoms with E-state index in [1.54, 1.807) is 19.9 Å². The second kappa shape index (κ2) is 11.8. The van der Waals surface area contributed by atoms with E-state index in [1.807, 2.05) is 19.9 Å². The molecule has 0 unspecified atom stereocenters. The molecule has 0 fully saturated rings. The predicted molar refractivity (Wildman–Crippen MR) is 115 cm³/mol. The van der Waals surface area contributed by atoms with Crippen molar-refractivity contribution in [1.29, 1.82) is 0 Å². The first-order valence-electron chi connectivity index (χ1n) is 10.7. The lowest BCUT2D eigenvalue weighted by molar-refractivity contribution is -0.147. The van der Waals surface area contributed by atoms with Crippen molar-refractivity contribution in [3.63, 3.8) is 0 Å². The van der Waals surface area contributed by atoms with E-state index < -0.39 is 17.0 Å². The third kappa shape index (κ3) is 9.82. The molecular weight excluding hydrogens is 368 g/mol. The van der Waals surface area contributed by atoms with Crippen LogP contribution in [-0.2, 0) is 27.2 Å². The Balaban J connectivity index is 2.35. The fourth-order valence-electron chi connectivity index (χ4n) is 3.41. The number of hydrogen-bond acceptors (Lipinski definition) is 4. The molecule has 29 heavy (non-hydrogen) atoms. The fourth-order valence-corrected chi connectivity index (χ4v) is 3.41. The van der Waals surface area contributed by atoms with Gasteiger partial charge in [-0.1, -0.05) is 31.4 Å². The monoisotopic (exact) mass is 406 g/mol. The van der Waals surface area contributed by atoms with E-state index in [0.29, 0.717) is 18.6 Å². The molecule has 0 saturated carbocycles. The number of unbranched alkanes of at least 4 members (excludes halogenated alkanes) is 4. The Morgan fingerprint density at radius 1 is 0.966 bits per heavy atom. The van der Waals surface area contributed by atoms with E-state index in [9.17, 15) is 14.7 Å². The zero-order chi connectivity index (χ0) is 21.9. The van der Waals surface area contributed by atoms with E-state index in [-0.39, 0.29) is 0 Å². The van der Waals surface area contributed by atoms with Crippen LogP contribution in [0.3, 0.4) is 0 Å². The lowest BCUT2D eigenvalue weighted by Gasteiger charge is -2.22. The molecule has 5 nitrogen and oxygen atoms in total. The minimum Gasteiger partial charge on any atom is -0.508 e. The van der Waals surface area contributed by atoms with Crippen LogP contribution in [0.1, 0.15) is 90.2 Å². The molecule has 0 bridgehead atoms. The first-order chi connectivity index (χ1) is 13.6. The van der Waals surface area contributed by atoms with Gasteiger partial charge in [0.15, 0.2) is 0 Å². The Bertz CT molecular complexity index is 649. The van der Waals surface area contributed by atoms with Crippen LogP contribution in [0, 0.1) is 5.41 Å². The van der Waals surface area contributed by atoms with Gasteiger partial charge < -0.3 is 14.9 Å². The standard InChI is InChI=1S/C24H38O5/c1-23(2,22(27)28)15-9-5-7-11-19-13-14-21(26)20(17-19)12-8-6-10-16-24(3,4)29-18-25/h13-14,17-18,26H,5-12,15-16H2,1-4H3,(H,27,28). The van der Waals surface area contributed by atoms with E-state index in [2.05, 4.69) is 6.07 Å². The van der Waals surface area contributed by atoms with Gasteiger partial charge >= 0.3 is 5.97 Å². The Morgan fingerprint density at radius 2 is 1.59 bits per heavy atom. The van der Waals surface area contributed by atoms with Crippen molar-refractivity contribution in [2.75, 3.05) is 0 Å². The Hall–Kier alpha value is -2.04. The minimum atomic E-state index is -0.736. The zero-order valence-electron chi connectivity index (χ0n) is 18.5. The van der Waals surface area contributed by atoms with Crippen LogP contribution >= 0.6 is 0 Å². The van der Waals surface area contributed by atoms with Crippen LogP contribution in [0.2, 0.25) is 0 Å². The number of rotatable bonds is 15. The summed E-state index contributed by atoms with van der Waals surface area (Å²) in [4.78, 5) is 21.6. The first-order valence-corrected chi connectivity index (χ1v) is 10.7. The maximum absolute atomic E-state index is 11.1. The van der Waals surface area contributed by atoms with Gasteiger partial charge in [-0.2, -0.15) is 0 Å². The van der Waals surface area contributed by atoms with Crippen molar-refractivity contribution in [2.45, 2.75) is 97.5 Å². The van der Waals surface area contributed by atoms with Gasteiger partial charge in [-0.05, 0) is 89.8 Å². The minimum absolute atomic E-state index is 0.349.